The van der Waals surface area contributed by atoms with Crippen LogP contribution in [0, 0.1) is 11.3 Å². The molecule has 0 heterocycles. The van der Waals surface area contributed by atoms with Crippen LogP contribution >= 0.6 is 0 Å². The average Bonchev–Trinajstić information content (AvgIpc) is 2.55. The summed E-state index contributed by atoms with van der Waals surface area (Å²) >= 11 is 0. The van der Waals surface area contributed by atoms with E-state index in [0.717, 1.165) is 13.1 Å². The second kappa shape index (κ2) is 7.37. The minimum Gasteiger partial charge on any atom is -0.293 e. The van der Waals surface area contributed by atoms with Gasteiger partial charge in [-0.15, -0.1) is 0 Å². The quantitative estimate of drug-likeness (QED) is 0.762. The van der Waals surface area contributed by atoms with Crippen molar-refractivity contribution in [2.75, 3.05) is 13.1 Å². The molecule has 0 aliphatic heterocycles. The van der Waals surface area contributed by atoms with Crippen LogP contribution in [0.25, 0.3) is 0 Å². The van der Waals surface area contributed by atoms with Crippen LogP contribution in [-0.2, 0) is 6.54 Å². The van der Waals surface area contributed by atoms with Crippen LogP contribution < -0.4 is 0 Å². The highest BCUT2D eigenvalue weighted by Gasteiger charge is 2.11. The Morgan fingerprint density at radius 1 is 1.10 bits per heavy atom. The van der Waals surface area contributed by atoms with E-state index in [2.05, 4.69) is 30.0 Å². The first kappa shape index (κ1) is 15.0. The third kappa shape index (κ3) is 4.27. The van der Waals surface area contributed by atoms with Crippen molar-refractivity contribution in [2.24, 2.45) is 0 Å². The van der Waals surface area contributed by atoms with Gasteiger partial charge in [-0.1, -0.05) is 49.4 Å². The van der Waals surface area contributed by atoms with Gasteiger partial charge >= 0.3 is 0 Å². The highest BCUT2D eigenvalue weighted by Crippen LogP contribution is 2.08. The third-order valence-electron chi connectivity index (χ3n) is 3.40. The molecule has 0 fully saturated rings. The average molecular weight is 278 g/mol. The summed E-state index contributed by atoms with van der Waals surface area (Å²) in [5.41, 5.74) is 2.43. The van der Waals surface area contributed by atoms with Crippen molar-refractivity contribution in [2.45, 2.75) is 13.5 Å². The molecular weight excluding hydrogens is 260 g/mol. The van der Waals surface area contributed by atoms with E-state index in [1.807, 2.05) is 18.2 Å². The van der Waals surface area contributed by atoms with Gasteiger partial charge in [0.25, 0.3) is 0 Å². The third-order valence-corrected chi connectivity index (χ3v) is 3.40. The zero-order valence-corrected chi connectivity index (χ0v) is 12.1. The molecule has 3 nitrogen and oxygen atoms in total. The Bertz CT molecular complexity index is 627. The van der Waals surface area contributed by atoms with Crippen molar-refractivity contribution in [3.8, 4) is 6.07 Å². The summed E-state index contributed by atoms with van der Waals surface area (Å²) in [6.07, 6.45) is 0. The minimum absolute atomic E-state index is 0.0808. The smallest absolute Gasteiger partial charge is 0.176 e. The summed E-state index contributed by atoms with van der Waals surface area (Å²) in [5, 5.41) is 8.77. The Morgan fingerprint density at radius 2 is 1.76 bits per heavy atom. The molecule has 106 valence electrons. The van der Waals surface area contributed by atoms with E-state index < -0.39 is 0 Å². The maximum absolute atomic E-state index is 12.3. The van der Waals surface area contributed by atoms with Crippen molar-refractivity contribution in [1.29, 1.82) is 5.26 Å². The zero-order valence-electron chi connectivity index (χ0n) is 12.1. The van der Waals surface area contributed by atoms with Crippen LogP contribution in [0.5, 0.6) is 0 Å². The number of carbonyl (C=O) groups excluding carboxylic acids is 1. The number of hydrogen-bond donors (Lipinski definition) is 0. The van der Waals surface area contributed by atoms with Crippen LogP contribution in [0.2, 0.25) is 0 Å². The molecule has 0 aromatic heterocycles. The monoisotopic (exact) mass is 278 g/mol. The SMILES string of the molecule is CCN(CC(=O)c1ccc(C#N)cc1)Cc1ccccc1. The fourth-order valence-corrected chi connectivity index (χ4v) is 2.15. The molecule has 0 unspecified atom stereocenters. The Hall–Kier alpha value is -2.44. The first-order valence-corrected chi connectivity index (χ1v) is 7.02. The van der Waals surface area contributed by atoms with Crippen molar-refractivity contribution >= 4 is 5.78 Å². The van der Waals surface area contributed by atoms with E-state index in [0.29, 0.717) is 17.7 Å². The molecule has 0 atom stereocenters. The molecule has 0 aliphatic carbocycles. The van der Waals surface area contributed by atoms with Crippen LogP contribution in [0.15, 0.2) is 54.6 Å². The Labute approximate surface area is 125 Å². The Kier molecular flexibility index (Phi) is 5.25. The summed E-state index contributed by atoms with van der Waals surface area (Å²) in [4.78, 5) is 14.4. The topological polar surface area (TPSA) is 44.1 Å². The molecular formula is C18H18N2O. The molecule has 2 rings (SSSR count). The van der Waals surface area contributed by atoms with Gasteiger partial charge < -0.3 is 0 Å². The fraction of sp³-hybridized carbons (Fsp3) is 0.222. The summed E-state index contributed by atoms with van der Waals surface area (Å²) in [7, 11) is 0. The van der Waals surface area contributed by atoms with Gasteiger partial charge in [-0.25, -0.2) is 0 Å². The number of carbonyl (C=O) groups is 1. The molecule has 0 saturated heterocycles. The number of ketones is 1. The van der Waals surface area contributed by atoms with Gasteiger partial charge in [-0.2, -0.15) is 5.26 Å². The van der Waals surface area contributed by atoms with E-state index in [1.165, 1.54) is 5.56 Å². The van der Waals surface area contributed by atoms with Crippen molar-refractivity contribution in [3.63, 3.8) is 0 Å². The second-order valence-corrected chi connectivity index (χ2v) is 4.90. The lowest BCUT2D eigenvalue weighted by Crippen LogP contribution is -2.29. The maximum atomic E-state index is 12.3. The van der Waals surface area contributed by atoms with Crippen molar-refractivity contribution < 1.29 is 4.79 Å². The number of hydrogen-bond acceptors (Lipinski definition) is 3. The molecule has 0 saturated carbocycles. The van der Waals surface area contributed by atoms with Gasteiger partial charge in [0.15, 0.2) is 5.78 Å². The van der Waals surface area contributed by atoms with Crippen molar-refractivity contribution in [1.82, 2.24) is 4.90 Å². The first-order chi connectivity index (χ1) is 10.2. The maximum Gasteiger partial charge on any atom is 0.176 e. The van der Waals surface area contributed by atoms with Crippen LogP contribution in [0.1, 0.15) is 28.4 Å². The molecule has 0 amide bonds. The van der Waals surface area contributed by atoms with Crippen molar-refractivity contribution in [3.05, 3.63) is 71.3 Å². The predicted octanol–water partition coefficient (Wildman–Crippen LogP) is 3.26. The number of rotatable bonds is 6. The van der Waals surface area contributed by atoms with Gasteiger partial charge in [0.2, 0.25) is 0 Å². The largest absolute Gasteiger partial charge is 0.293 e. The highest BCUT2D eigenvalue weighted by atomic mass is 16.1. The van der Waals surface area contributed by atoms with Crippen LogP contribution in [-0.4, -0.2) is 23.8 Å². The molecule has 0 N–H and O–H groups in total. The van der Waals surface area contributed by atoms with Gasteiger partial charge in [0.1, 0.15) is 0 Å². The van der Waals surface area contributed by atoms with Gasteiger partial charge in [-0.05, 0) is 24.2 Å². The molecule has 2 aromatic carbocycles. The fourth-order valence-electron chi connectivity index (χ4n) is 2.15. The van der Waals surface area contributed by atoms with Gasteiger partial charge in [0, 0.05) is 12.1 Å². The minimum atomic E-state index is 0.0808. The summed E-state index contributed by atoms with van der Waals surface area (Å²) in [5.74, 6) is 0.0808. The number of nitrogens with zero attached hydrogens (tertiary/aromatic N) is 2. The summed E-state index contributed by atoms with van der Waals surface area (Å²) < 4.78 is 0. The van der Waals surface area contributed by atoms with E-state index in [9.17, 15) is 4.79 Å². The van der Waals surface area contributed by atoms with Crippen LogP contribution in [0.4, 0.5) is 0 Å². The zero-order chi connectivity index (χ0) is 15.1. The molecule has 0 radical (unpaired) electrons. The highest BCUT2D eigenvalue weighted by molar-refractivity contribution is 5.97. The van der Waals surface area contributed by atoms with E-state index in [4.69, 9.17) is 5.26 Å². The van der Waals surface area contributed by atoms with Gasteiger partial charge in [-0.3, -0.25) is 9.69 Å². The number of Topliss-reactive ketones (excluding diaryl/α,β-unsaturated/α-hetero) is 1. The normalized spacial score (nSPS) is 10.3. The molecule has 21 heavy (non-hydrogen) atoms. The molecule has 2 aromatic rings. The second-order valence-electron chi connectivity index (χ2n) is 4.90. The lowest BCUT2D eigenvalue weighted by Gasteiger charge is -2.19. The number of benzene rings is 2. The number of likely N-dealkylation sites (N-methyl/N-ethyl adjacent to an activating group) is 1. The molecule has 0 spiro atoms. The lowest BCUT2D eigenvalue weighted by atomic mass is 10.1. The van der Waals surface area contributed by atoms with E-state index in [-0.39, 0.29) is 5.78 Å². The van der Waals surface area contributed by atoms with Crippen LogP contribution in [0.3, 0.4) is 0 Å². The standard InChI is InChI=1S/C18H18N2O/c1-2-20(13-16-6-4-3-5-7-16)14-18(21)17-10-8-15(12-19)9-11-17/h3-11H,2,13-14H2,1H3. The summed E-state index contributed by atoms with van der Waals surface area (Å²) in [6, 6.07) is 19.0. The lowest BCUT2D eigenvalue weighted by molar-refractivity contribution is 0.0929. The predicted molar refractivity (Wildman–Crippen MR) is 82.9 cm³/mol. The Balaban J connectivity index is 2.00. The van der Waals surface area contributed by atoms with Gasteiger partial charge in [0.05, 0.1) is 18.2 Å². The van der Waals surface area contributed by atoms with E-state index >= 15 is 0 Å². The van der Waals surface area contributed by atoms with E-state index in [1.54, 1.807) is 24.3 Å². The first-order valence-electron chi connectivity index (χ1n) is 7.02. The molecule has 0 aliphatic rings. The molecule has 0 bridgehead atoms. The summed E-state index contributed by atoms with van der Waals surface area (Å²) in [6.45, 7) is 4.02. The molecule has 3 heteroatoms. The Morgan fingerprint density at radius 3 is 2.33 bits per heavy atom. The number of nitriles is 1.